The average molecular weight is 373 g/mol. The van der Waals surface area contributed by atoms with Crippen LogP contribution in [0.15, 0.2) is 11.5 Å². The van der Waals surface area contributed by atoms with E-state index in [1.807, 2.05) is 18.4 Å². The molecule has 0 bridgehead atoms. The lowest BCUT2D eigenvalue weighted by atomic mass is 10.1. The fraction of sp³-hybridized carbons (Fsp3) is 0.800. The van der Waals surface area contributed by atoms with Crippen molar-refractivity contribution in [1.29, 1.82) is 0 Å². The van der Waals surface area contributed by atoms with Crippen molar-refractivity contribution in [2.45, 2.75) is 50.4 Å². The lowest BCUT2D eigenvalue weighted by Crippen LogP contribution is -2.44. The number of hydrogen-bond donors (Lipinski definition) is 0. The monoisotopic (exact) mass is 372 g/mol. The number of hydrogen-bond acceptors (Lipinski definition) is 6. The second kappa shape index (κ2) is 7.03. The van der Waals surface area contributed by atoms with Crippen molar-refractivity contribution in [3.8, 4) is 0 Å². The Morgan fingerprint density at radius 2 is 2.17 bits per heavy atom. The van der Waals surface area contributed by atoms with Gasteiger partial charge in [0.1, 0.15) is 6.33 Å². The molecular formula is C15H24N4O3S2. The topological polar surface area (TPSA) is 85.2 Å². The van der Waals surface area contributed by atoms with E-state index < -0.39 is 9.84 Å². The molecule has 1 saturated carbocycles. The third kappa shape index (κ3) is 4.30. The molecule has 1 amide bonds. The van der Waals surface area contributed by atoms with Gasteiger partial charge in [0.05, 0.1) is 17.3 Å². The minimum atomic E-state index is -3.00. The summed E-state index contributed by atoms with van der Waals surface area (Å²) < 4.78 is 25.6. The third-order valence-electron chi connectivity index (χ3n) is 4.34. The maximum Gasteiger partial charge on any atom is 0.233 e. The first-order chi connectivity index (χ1) is 11.4. The van der Waals surface area contributed by atoms with Gasteiger partial charge < -0.3 is 9.47 Å². The molecule has 1 aromatic rings. The number of carbonyl (C=O) groups excluding carboxylic acids is 1. The number of rotatable bonds is 7. The molecule has 1 aromatic heterocycles. The van der Waals surface area contributed by atoms with Crippen LogP contribution in [0.2, 0.25) is 0 Å². The zero-order valence-corrected chi connectivity index (χ0v) is 15.7. The van der Waals surface area contributed by atoms with E-state index in [1.165, 1.54) is 11.8 Å². The standard InChI is InChI=1S/C15H24N4O3S2/c1-11(2)7-18(13-5-6-24(21,22)9-13)14(20)8-23-15-17-16-10-19(15)12-3-4-12/h10-13H,3-9H2,1-2H3. The van der Waals surface area contributed by atoms with Crippen LogP contribution in [0.25, 0.3) is 0 Å². The van der Waals surface area contributed by atoms with Crippen molar-refractivity contribution in [3.63, 3.8) is 0 Å². The molecule has 24 heavy (non-hydrogen) atoms. The van der Waals surface area contributed by atoms with Crippen molar-refractivity contribution in [2.75, 3.05) is 23.8 Å². The highest BCUT2D eigenvalue weighted by Crippen LogP contribution is 2.37. The fourth-order valence-electron chi connectivity index (χ4n) is 3.02. The Hall–Kier alpha value is -1.09. The van der Waals surface area contributed by atoms with Gasteiger partial charge in [-0.1, -0.05) is 25.6 Å². The molecule has 0 spiro atoms. The van der Waals surface area contributed by atoms with Gasteiger partial charge in [-0.05, 0) is 25.2 Å². The summed E-state index contributed by atoms with van der Waals surface area (Å²) in [7, 11) is -3.00. The second-order valence-corrected chi connectivity index (χ2v) is 10.2. The highest BCUT2D eigenvalue weighted by Gasteiger charge is 2.35. The SMILES string of the molecule is CC(C)CN(C(=O)CSc1nncn1C1CC1)C1CCS(=O)(=O)C1. The molecule has 1 saturated heterocycles. The Morgan fingerprint density at radius 3 is 2.75 bits per heavy atom. The van der Waals surface area contributed by atoms with Gasteiger partial charge in [-0.15, -0.1) is 10.2 Å². The minimum absolute atomic E-state index is 0.0128. The Kier molecular flexibility index (Phi) is 5.19. The molecule has 1 aliphatic heterocycles. The minimum Gasteiger partial charge on any atom is -0.338 e. The summed E-state index contributed by atoms with van der Waals surface area (Å²) in [5, 5.41) is 8.81. The first-order valence-corrected chi connectivity index (χ1v) is 11.2. The number of amides is 1. The summed E-state index contributed by atoms with van der Waals surface area (Å²) in [5.74, 6) is 0.838. The van der Waals surface area contributed by atoms with Crippen LogP contribution in [0.4, 0.5) is 0 Å². The summed E-state index contributed by atoms with van der Waals surface area (Å²) in [5.41, 5.74) is 0. The van der Waals surface area contributed by atoms with Crippen molar-refractivity contribution < 1.29 is 13.2 Å². The van der Waals surface area contributed by atoms with Gasteiger partial charge in [0.15, 0.2) is 15.0 Å². The number of aromatic nitrogens is 3. The zero-order chi connectivity index (χ0) is 17.3. The number of thioether (sulfide) groups is 1. The molecule has 1 atom stereocenters. The Labute approximate surface area is 147 Å². The van der Waals surface area contributed by atoms with Gasteiger partial charge >= 0.3 is 0 Å². The molecule has 134 valence electrons. The average Bonchev–Trinajstić information content (AvgIpc) is 3.13. The van der Waals surface area contributed by atoms with E-state index in [2.05, 4.69) is 10.2 Å². The summed E-state index contributed by atoms with van der Waals surface area (Å²) in [6.07, 6.45) is 4.54. The van der Waals surface area contributed by atoms with Gasteiger partial charge in [0.2, 0.25) is 5.91 Å². The zero-order valence-electron chi connectivity index (χ0n) is 14.1. The molecule has 9 heteroatoms. The number of sulfone groups is 1. The molecular weight excluding hydrogens is 348 g/mol. The van der Waals surface area contributed by atoms with E-state index in [9.17, 15) is 13.2 Å². The fourth-order valence-corrected chi connectivity index (χ4v) is 5.62. The van der Waals surface area contributed by atoms with Gasteiger partial charge in [0, 0.05) is 18.6 Å². The first-order valence-electron chi connectivity index (χ1n) is 8.38. The summed E-state index contributed by atoms with van der Waals surface area (Å²) >= 11 is 1.39. The summed E-state index contributed by atoms with van der Waals surface area (Å²) in [6.45, 7) is 4.68. The molecule has 3 rings (SSSR count). The highest BCUT2D eigenvalue weighted by molar-refractivity contribution is 7.99. The summed E-state index contributed by atoms with van der Waals surface area (Å²) in [6, 6.07) is 0.288. The van der Waals surface area contributed by atoms with Crippen LogP contribution in [0.3, 0.4) is 0 Å². The van der Waals surface area contributed by atoms with Crippen LogP contribution in [-0.2, 0) is 14.6 Å². The highest BCUT2D eigenvalue weighted by atomic mass is 32.2. The lowest BCUT2D eigenvalue weighted by molar-refractivity contribution is -0.130. The maximum atomic E-state index is 12.7. The molecule has 7 nitrogen and oxygen atoms in total. The number of carbonyl (C=O) groups is 1. The third-order valence-corrected chi connectivity index (χ3v) is 7.03. The smallest absolute Gasteiger partial charge is 0.233 e. The normalized spacial score (nSPS) is 22.9. The molecule has 0 radical (unpaired) electrons. The Morgan fingerprint density at radius 1 is 1.42 bits per heavy atom. The van der Waals surface area contributed by atoms with Crippen molar-refractivity contribution >= 4 is 27.5 Å². The van der Waals surface area contributed by atoms with E-state index in [1.54, 1.807) is 11.2 Å². The van der Waals surface area contributed by atoms with E-state index in [-0.39, 0.29) is 29.2 Å². The van der Waals surface area contributed by atoms with Gasteiger partial charge in [0.25, 0.3) is 0 Å². The molecule has 2 heterocycles. The lowest BCUT2D eigenvalue weighted by Gasteiger charge is -2.29. The predicted molar refractivity (Wildman–Crippen MR) is 92.6 cm³/mol. The summed E-state index contributed by atoms with van der Waals surface area (Å²) in [4.78, 5) is 14.5. The van der Waals surface area contributed by atoms with Crippen molar-refractivity contribution in [1.82, 2.24) is 19.7 Å². The number of nitrogens with zero attached hydrogens (tertiary/aromatic N) is 4. The molecule has 1 aliphatic carbocycles. The van der Waals surface area contributed by atoms with E-state index in [0.29, 0.717) is 24.9 Å². The van der Waals surface area contributed by atoms with Gasteiger partial charge in [-0.25, -0.2) is 8.42 Å². The van der Waals surface area contributed by atoms with Crippen LogP contribution in [0.1, 0.15) is 39.2 Å². The molecule has 2 fully saturated rings. The van der Waals surface area contributed by atoms with Crippen LogP contribution < -0.4 is 0 Å². The van der Waals surface area contributed by atoms with Crippen LogP contribution in [-0.4, -0.2) is 63.8 Å². The Balaban J connectivity index is 1.63. The Bertz CT molecular complexity index is 697. The quantitative estimate of drug-likeness (QED) is 0.672. The van der Waals surface area contributed by atoms with Crippen molar-refractivity contribution in [2.24, 2.45) is 5.92 Å². The molecule has 2 aliphatic rings. The first kappa shape index (κ1) is 17.7. The van der Waals surface area contributed by atoms with Gasteiger partial charge in [-0.2, -0.15) is 0 Å². The van der Waals surface area contributed by atoms with Crippen molar-refractivity contribution in [3.05, 3.63) is 6.33 Å². The predicted octanol–water partition coefficient (Wildman–Crippen LogP) is 1.38. The largest absolute Gasteiger partial charge is 0.338 e. The van der Waals surface area contributed by atoms with Gasteiger partial charge in [-0.3, -0.25) is 4.79 Å². The van der Waals surface area contributed by atoms with E-state index >= 15 is 0 Å². The van der Waals surface area contributed by atoms with E-state index in [4.69, 9.17) is 0 Å². The molecule has 0 aromatic carbocycles. The van der Waals surface area contributed by atoms with Crippen LogP contribution in [0, 0.1) is 5.92 Å². The van der Waals surface area contributed by atoms with Crippen LogP contribution in [0.5, 0.6) is 0 Å². The molecule has 1 unspecified atom stereocenters. The van der Waals surface area contributed by atoms with Crippen LogP contribution >= 0.6 is 11.8 Å². The molecule has 0 N–H and O–H groups in total. The van der Waals surface area contributed by atoms with E-state index in [0.717, 1.165) is 18.0 Å². The second-order valence-electron chi connectivity index (χ2n) is 7.04. The maximum absolute atomic E-state index is 12.7.